The van der Waals surface area contributed by atoms with Crippen molar-refractivity contribution in [2.24, 2.45) is 0 Å². The fourth-order valence-corrected chi connectivity index (χ4v) is 5.38. The standard InChI is InChI=1S/C34H20O6/c35-31(23-7-3-1-4-8-23)38-25-14-11-21-13-16-29-30(27(21)19-25)34(33(37)40-29)18-17-22-12-15-26(20-28(22)34)39-32(36)24-9-5-2-6-10-24/h1-20H. The average molecular weight is 525 g/mol. The van der Waals surface area contributed by atoms with E-state index in [9.17, 15) is 14.4 Å². The van der Waals surface area contributed by atoms with Crippen LogP contribution in [0.2, 0.25) is 0 Å². The van der Waals surface area contributed by atoms with Gasteiger partial charge in [-0.2, -0.15) is 0 Å². The Morgan fingerprint density at radius 3 is 1.95 bits per heavy atom. The smallest absolute Gasteiger partial charge is 0.343 e. The van der Waals surface area contributed by atoms with Gasteiger partial charge in [0.25, 0.3) is 0 Å². The molecule has 5 aromatic rings. The van der Waals surface area contributed by atoms with Crippen LogP contribution in [-0.4, -0.2) is 17.9 Å². The van der Waals surface area contributed by atoms with Gasteiger partial charge >= 0.3 is 17.9 Å². The van der Waals surface area contributed by atoms with Gasteiger partial charge in [-0.15, -0.1) is 0 Å². The number of rotatable bonds is 4. The number of esters is 3. The predicted octanol–water partition coefficient (Wildman–Crippen LogP) is 6.51. The highest BCUT2D eigenvalue weighted by Gasteiger charge is 2.53. The zero-order valence-corrected chi connectivity index (χ0v) is 21.0. The van der Waals surface area contributed by atoms with Crippen molar-refractivity contribution in [3.05, 3.63) is 143 Å². The monoisotopic (exact) mass is 524 g/mol. The summed E-state index contributed by atoms with van der Waals surface area (Å²) >= 11 is 0. The van der Waals surface area contributed by atoms with E-state index in [0.717, 1.165) is 10.9 Å². The van der Waals surface area contributed by atoms with Gasteiger partial charge in [0.05, 0.1) is 11.1 Å². The SMILES string of the molecule is O=C(Oc1ccc2c(c1)C1(C=C2)C(=O)Oc2ccc3ccc(OC(=O)c4ccccc4)cc3c21)c1ccccc1. The molecule has 1 atom stereocenters. The van der Waals surface area contributed by atoms with Crippen LogP contribution in [0.3, 0.4) is 0 Å². The molecule has 0 amide bonds. The second-order valence-corrected chi connectivity index (χ2v) is 9.61. The van der Waals surface area contributed by atoms with Crippen LogP contribution in [0.25, 0.3) is 16.8 Å². The first-order valence-electron chi connectivity index (χ1n) is 12.7. The molecule has 1 heterocycles. The highest BCUT2D eigenvalue weighted by molar-refractivity contribution is 6.07. The molecule has 5 aromatic carbocycles. The maximum Gasteiger partial charge on any atom is 0.343 e. The minimum absolute atomic E-state index is 0.314. The molecule has 0 radical (unpaired) electrons. The van der Waals surface area contributed by atoms with Crippen LogP contribution < -0.4 is 14.2 Å². The van der Waals surface area contributed by atoms with E-state index in [-0.39, 0.29) is 0 Å². The number of ether oxygens (including phenoxy) is 3. The minimum Gasteiger partial charge on any atom is -0.425 e. The molecule has 0 aromatic heterocycles. The molecule has 1 aliphatic carbocycles. The van der Waals surface area contributed by atoms with Gasteiger partial charge < -0.3 is 14.2 Å². The van der Waals surface area contributed by atoms with Crippen LogP contribution in [0.5, 0.6) is 17.2 Å². The summed E-state index contributed by atoms with van der Waals surface area (Å²) < 4.78 is 17.1. The fraction of sp³-hybridized carbons (Fsp3) is 0.0294. The third kappa shape index (κ3) is 3.69. The maximum absolute atomic E-state index is 13.6. The zero-order valence-electron chi connectivity index (χ0n) is 21.0. The van der Waals surface area contributed by atoms with E-state index in [0.29, 0.717) is 44.9 Å². The molecule has 40 heavy (non-hydrogen) atoms. The van der Waals surface area contributed by atoms with Crippen LogP contribution in [0.4, 0.5) is 0 Å². The van der Waals surface area contributed by atoms with Crippen molar-refractivity contribution in [3.63, 3.8) is 0 Å². The van der Waals surface area contributed by atoms with Crippen molar-refractivity contribution < 1.29 is 28.6 Å². The number of hydrogen-bond donors (Lipinski definition) is 0. The molecule has 192 valence electrons. The van der Waals surface area contributed by atoms with Crippen molar-refractivity contribution in [1.82, 2.24) is 0 Å². The Balaban J connectivity index is 1.31. The molecular weight excluding hydrogens is 504 g/mol. The molecule has 0 bridgehead atoms. The summed E-state index contributed by atoms with van der Waals surface area (Å²) in [7, 11) is 0. The summed E-state index contributed by atoms with van der Waals surface area (Å²) in [6, 6.07) is 31.6. The van der Waals surface area contributed by atoms with E-state index in [1.165, 1.54) is 0 Å². The van der Waals surface area contributed by atoms with Crippen LogP contribution in [0.1, 0.15) is 37.4 Å². The summed E-state index contributed by atoms with van der Waals surface area (Å²) in [6.07, 6.45) is 3.68. The molecule has 0 saturated carbocycles. The predicted molar refractivity (Wildman–Crippen MR) is 149 cm³/mol. The van der Waals surface area contributed by atoms with E-state index in [4.69, 9.17) is 14.2 Å². The largest absolute Gasteiger partial charge is 0.425 e. The Morgan fingerprint density at radius 2 is 1.27 bits per heavy atom. The Labute approximate surface area is 229 Å². The first-order chi connectivity index (χ1) is 19.5. The summed E-state index contributed by atoms with van der Waals surface area (Å²) in [4.78, 5) is 39.0. The molecule has 1 aliphatic heterocycles. The van der Waals surface area contributed by atoms with Gasteiger partial charge in [-0.25, -0.2) is 14.4 Å². The van der Waals surface area contributed by atoms with Gasteiger partial charge in [0.1, 0.15) is 22.7 Å². The zero-order chi connectivity index (χ0) is 27.3. The van der Waals surface area contributed by atoms with Crippen LogP contribution in [0, 0.1) is 0 Å². The van der Waals surface area contributed by atoms with Gasteiger partial charge in [-0.1, -0.05) is 66.7 Å². The third-order valence-electron chi connectivity index (χ3n) is 7.28. The number of fused-ring (bicyclic) bond motifs is 6. The Bertz CT molecular complexity index is 1870. The van der Waals surface area contributed by atoms with Gasteiger partial charge in [0.15, 0.2) is 0 Å². The maximum atomic E-state index is 13.6. The Morgan fingerprint density at radius 1 is 0.675 bits per heavy atom. The average Bonchev–Trinajstić information content (AvgIpc) is 3.51. The van der Waals surface area contributed by atoms with E-state index in [1.54, 1.807) is 78.9 Å². The van der Waals surface area contributed by atoms with Crippen molar-refractivity contribution >= 4 is 34.8 Å². The lowest BCUT2D eigenvalue weighted by atomic mass is 9.75. The Hall–Kier alpha value is -5.49. The quantitative estimate of drug-likeness (QED) is 0.197. The van der Waals surface area contributed by atoms with E-state index >= 15 is 0 Å². The summed E-state index contributed by atoms with van der Waals surface area (Å²) in [5.41, 5.74) is 1.71. The highest BCUT2D eigenvalue weighted by atomic mass is 16.5. The molecule has 0 fully saturated rings. The minimum atomic E-state index is -1.25. The van der Waals surface area contributed by atoms with Gasteiger partial charge in [0.2, 0.25) is 0 Å². The second kappa shape index (κ2) is 9.06. The lowest BCUT2D eigenvalue weighted by Crippen LogP contribution is -2.31. The lowest BCUT2D eigenvalue weighted by molar-refractivity contribution is -0.135. The number of benzene rings is 5. The first kappa shape index (κ1) is 23.6. The fourth-order valence-electron chi connectivity index (χ4n) is 5.38. The molecule has 0 N–H and O–H groups in total. The molecule has 1 spiro atoms. The van der Waals surface area contributed by atoms with Crippen LogP contribution in [0.15, 0.2) is 115 Å². The van der Waals surface area contributed by atoms with Crippen LogP contribution in [-0.2, 0) is 10.2 Å². The molecule has 6 nitrogen and oxygen atoms in total. The van der Waals surface area contributed by atoms with Gasteiger partial charge in [-0.05, 0) is 76.5 Å². The summed E-state index contributed by atoms with van der Waals surface area (Å²) in [5, 5.41) is 1.57. The molecule has 7 rings (SSSR count). The van der Waals surface area contributed by atoms with E-state index in [1.807, 2.05) is 42.5 Å². The lowest BCUT2D eigenvalue weighted by Gasteiger charge is -2.22. The molecule has 6 heteroatoms. The third-order valence-corrected chi connectivity index (χ3v) is 7.28. The van der Waals surface area contributed by atoms with E-state index < -0.39 is 23.3 Å². The normalized spacial score (nSPS) is 16.4. The summed E-state index contributed by atoms with van der Waals surface area (Å²) in [5.74, 6) is -0.348. The topological polar surface area (TPSA) is 78.9 Å². The van der Waals surface area contributed by atoms with Crippen molar-refractivity contribution in [2.75, 3.05) is 0 Å². The van der Waals surface area contributed by atoms with Gasteiger partial charge in [0, 0.05) is 5.56 Å². The van der Waals surface area contributed by atoms with E-state index in [2.05, 4.69) is 0 Å². The van der Waals surface area contributed by atoms with Gasteiger partial charge in [-0.3, -0.25) is 0 Å². The number of carbonyl (C=O) groups excluding carboxylic acids is 3. The van der Waals surface area contributed by atoms with Crippen LogP contribution >= 0.6 is 0 Å². The molecule has 2 aliphatic rings. The van der Waals surface area contributed by atoms with Crippen molar-refractivity contribution in [3.8, 4) is 17.2 Å². The Kier molecular flexibility index (Phi) is 5.35. The second-order valence-electron chi connectivity index (χ2n) is 9.61. The van der Waals surface area contributed by atoms with Crippen molar-refractivity contribution in [1.29, 1.82) is 0 Å². The highest BCUT2D eigenvalue weighted by Crippen LogP contribution is 2.53. The van der Waals surface area contributed by atoms with Crippen molar-refractivity contribution in [2.45, 2.75) is 5.41 Å². The number of carbonyl (C=O) groups is 3. The summed E-state index contributed by atoms with van der Waals surface area (Å²) in [6.45, 7) is 0. The molecule has 0 saturated heterocycles. The number of hydrogen-bond acceptors (Lipinski definition) is 6. The molecule has 1 unspecified atom stereocenters. The first-order valence-corrected chi connectivity index (χ1v) is 12.7. The molecular formula is C34H20O6.